The molecule has 0 aromatic heterocycles. The molecule has 88 valence electrons. The molecule has 1 amide bonds. The second kappa shape index (κ2) is 6.27. The highest BCUT2D eigenvalue weighted by atomic mass is 16.6. The summed E-state index contributed by atoms with van der Waals surface area (Å²) in [5, 5.41) is 8.65. The molecule has 0 aromatic carbocycles. The molecule has 0 aliphatic carbocycles. The summed E-state index contributed by atoms with van der Waals surface area (Å²) in [6.45, 7) is 5.94. The van der Waals surface area contributed by atoms with Gasteiger partial charge in [-0.15, -0.1) is 0 Å². The molecule has 0 saturated heterocycles. The number of carbonyl (C=O) groups excluding carboxylic acids is 1. The molecule has 0 heterocycles. The molecule has 0 spiro atoms. The minimum atomic E-state index is -0.918. The van der Waals surface area contributed by atoms with Crippen molar-refractivity contribution in [3.8, 4) is 0 Å². The van der Waals surface area contributed by atoms with Gasteiger partial charge in [-0.3, -0.25) is 4.79 Å². The summed E-state index contributed by atoms with van der Waals surface area (Å²) in [6, 6.07) is 0. The SMILES string of the molecule is CC(C)COC(=O)N(C)CC(C)C(=O)O. The molecule has 15 heavy (non-hydrogen) atoms. The highest BCUT2D eigenvalue weighted by Gasteiger charge is 2.18. The fourth-order valence-corrected chi connectivity index (χ4v) is 0.912. The summed E-state index contributed by atoms with van der Waals surface area (Å²) in [4.78, 5) is 23.1. The second-order valence-electron chi connectivity index (χ2n) is 4.09. The van der Waals surface area contributed by atoms with E-state index in [1.807, 2.05) is 13.8 Å². The normalized spacial score (nSPS) is 12.3. The van der Waals surface area contributed by atoms with Gasteiger partial charge < -0.3 is 14.7 Å². The van der Waals surface area contributed by atoms with Gasteiger partial charge in [0.05, 0.1) is 12.5 Å². The fourth-order valence-electron chi connectivity index (χ4n) is 0.912. The first-order chi connectivity index (χ1) is 6.84. The summed E-state index contributed by atoms with van der Waals surface area (Å²) in [6.07, 6.45) is -0.475. The monoisotopic (exact) mass is 217 g/mol. The van der Waals surface area contributed by atoms with Crippen LogP contribution < -0.4 is 0 Å². The molecule has 0 aromatic rings. The van der Waals surface area contributed by atoms with Crippen molar-refractivity contribution >= 4 is 12.1 Å². The highest BCUT2D eigenvalue weighted by Crippen LogP contribution is 2.01. The van der Waals surface area contributed by atoms with E-state index in [2.05, 4.69) is 0 Å². The lowest BCUT2D eigenvalue weighted by molar-refractivity contribution is -0.141. The van der Waals surface area contributed by atoms with Gasteiger partial charge in [-0.05, 0) is 5.92 Å². The fraction of sp³-hybridized carbons (Fsp3) is 0.800. The third kappa shape index (κ3) is 5.93. The Morgan fingerprint density at radius 1 is 1.33 bits per heavy atom. The first-order valence-corrected chi connectivity index (χ1v) is 4.95. The Balaban J connectivity index is 3.93. The van der Waals surface area contributed by atoms with Crippen LogP contribution in [0.3, 0.4) is 0 Å². The number of hydrogen-bond acceptors (Lipinski definition) is 3. The van der Waals surface area contributed by atoms with Gasteiger partial charge >= 0.3 is 12.1 Å². The van der Waals surface area contributed by atoms with E-state index in [9.17, 15) is 9.59 Å². The zero-order valence-electron chi connectivity index (χ0n) is 9.69. The Labute approximate surface area is 90.0 Å². The minimum absolute atomic E-state index is 0.159. The Kier molecular flexibility index (Phi) is 5.74. The third-order valence-electron chi connectivity index (χ3n) is 1.82. The predicted octanol–water partition coefficient (Wildman–Crippen LogP) is 1.43. The van der Waals surface area contributed by atoms with Crippen molar-refractivity contribution in [3.63, 3.8) is 0 Å². The summed E-state index contributed by atoms with van der Waals surface area (Å²) in [5.74, 6) is -1.22. The van der Waals surface area contributed by atoms with Gasteiger partial charge in [0.25, 0.3) is 0 Å². The zero-order valence-corrected chi connectivity index (χ0v) is 9.69. The largest absolute Gasteiger partial charge is 0.481 e. The van der Waals surface area contributed by atoms with Gasteiger partial charge in [-0.2, -0.15) is 0 Å². The first kappa shape index (κ1) is 13.7. The highest BCUT2D eigenvalue weighted by molar-refractivity contribution is 5.72. The molecule has 1 unspecified atom stereocenters. The van der Waals surface area contributed by atoms with Crippen molar-refractivity contribution in [1.29, 1.82) is 0 Å². The third-order valence-corrected chi connectivity index (χ3v) is 1.82. The van der Waals surface area contributed by atoms with E-state index in [0.717, 1.165) is 0 Å². The number of hydrogen-bond donors (Lipinski definition) is 1. The van der Waals surface area contributed by atoms with Crippen LogP contribution in [0, 0.1) is 11.8 Å². The smallest absolute Gasteiger partial charge is 0.409 e. The van der Waals surface area contributed by atoms with Crippen LogP contribution in [0.5, 0.6) is 0 Å². The second-order valence-corrected chi connectivity index (χ2v) is 4.09. The molecular formula is C10H19NO4. The van der Waals surface area contributed by atoms with E-state index in [0.29, 0.717) is 6.61 Å². The summed E-state index contributed by atoms with van der Waals surface area (Å²) in [5.41, 5.74) is 0. The average Bonchev–Trinajstić information content (AvgIpc) is 2.13. The number of carbonyl (C=O) groups is 2. The van der Waals surface area contributed by atoms with Crippen molar-refractivity contribution in [3.05, 3.63) is 0 Å². The Morgan fingerprint density at radius 3 is 2.27 bits per heavy atom. The number of carboxylic acid groups (broad SMARTS) is 1. The Hall–Kier alpha value is -1.26. The van der Waals surface area contributed by atoms with E-state index >= 15 is 0 Å². The van der Waals surface area contributed by atoms with Crippen molar-refractivity contribution in [1.82, 2.24) is 4.90 Å². The molecule has 0 fully saturated rings. The Bertz CT molecular complexity index is 227. The van der Waals surface area contributed by atoms with Crippen LogP contribution in [0.25, 0.3) is 0 Å². The van der Waals surface area contributed by atoms with Crippen LogP contribution in [0.2, 0.25) is 0 Å². The van der Waals surface area contributed by atoms with Crippen molar-refractivity contribution in [2.75, 3.05) is 20.2 Å². The van der Waals surface area contributed by atoms with Crippen LogP contribution in [0.4, 0.5) is 4.79 Å². The molecule has 0 radical (unpaired) electrons. The van der Waals surface area contributed by atoms with Crippen LogP contribution in [-0.2, 0) is 9.53 Å². The summed E-state index contributed by atoms with van der Waals surface area (Å²) >= 11 is 0. The summed E-state index contributed by atoms with van der Waals surface area (Å²) in [7, 11) is 1.53. The van der Waals surface area contributed by atoms with Gasteiger partial charge in [-0.25, -0.2) is 4.79 Å². The molecule has 1 N–H and O–H groups in total. The van der Waals surface area contributed by atoms with Gasteiger partial charge in [0.15, 0.2) is 0 Å². The summed E-state index contributed by atoms with van der Waals surface area (Å²) < 4.78 is 4.94. The first-order valence-electron chi connectivity index (χ1n) is 4.95. The quantitative estimate of drug-likeness (QED) is 0.756. The lowest BCUT2D eigenvalue weighted by atomic mass is 10.2. The van der Waals surface area contributed by atoms with Crippen molar-refractivity contribution < 1.29 is 19.4 Å². The molecular weight excluding hydrogens is 198 g/mol. The number of aliphatic carboxylic acids is 1. The van der Waals surface area contributed by atoms with Gasteiger partial charge in [-0.1, -0.05) is 20.8 Å². The van der Waals surface area contributed by atoms with Crippen LogP contribution >= 0.6 is 0 Å². The number of amides is 1. The number of carboxylic acids is 1. The molecule has 0 saturated carbocycles. The average molecular weight is 217 g/mol. The van der Waals surface area contributed by atoms with Gasteiger partial charge in [0, 0.05) is 13.6 Å². The lowest BCUT2D eigenvalue weighted by Crippen LogP contribution is -2.34. The number of ether oxygens (including phenoxy) is 1. The Morgan fingerprint density at radius 2 is 1.87 bits per heavy atom. The maximum Gasteiger partial charge on any atom is 0.409 e. The minimum Gasteiger partial charge on any atom is -0.481 e. The number of nitrogens with zero attached hydrogens (tertiary/aromatic N) is 1. The number of rotatable bonds is 5. The van der Waals surface area contributed by atoms with Crippen molar-refractivity contribution in [2.24, 2.45) is 11.8 Å². The topological polar surface area (TPSA) is 66.8 Å². The van der Waals surface area contributed by atoms with E-state index in [-0.39, 0.29) is 12.5 Å². The van der Waals surface area contributed by atoms with Crippen LogP contribution in [-0.4, -0.2) is 42.3 Å². The van der Waals surface area contributed by atoms with Crippen molar-refractivity contribution in [2.45, 2.75) is 20.8 Å². The van der Waals surface area contributed by atoms with E-state index < -0.39 is 18.0 Å². The van der Waals surface area contributed by atoms with Gasteiger partial charge in [0.2, 0.25) is 0 Å². The molecule has 0 bridgehead atoms. The molecule has 0 aliphatic heterocycles. The zero-order chi connectivity index (χ0) is 12.0. The standard InChI is InChI=1S/C10H19NO4/c1-7(2)6-15-10(14)11(4)5-8(3)9(12)13/h7-8H,5-6H2,1-4H3,(H,12,13). The maximum absolute atomic E-state index is 11.3. The molecule has 5 heteroatoms. The molecule has 0 rings (SSSR count). The predicted molar refractivity (Wildman–Crippen MR) is 55.6 cm³/mol. The molecule has 1 atom stereocenters. The molecule has 0 aliphatic rings. The van der Waals surface area contributed by atoms with Crippen LogP contribution in [0.1, 0.15) is 20.8 Å². The van der Waals surface area contributed by atoms with Crippen LogP contribution in [0.15, 0.2) is 0 Å². The van der Waals surface area contributed by atoms with E-state index in [1.54, 1.807) is 6.92 Å². The van der Waals surface area contributed by atoms with Gasteiger partial charge in [0.1, 0.15) is 0 Å². The van der Waals surface area contributed by atoms with E-state index in [1.165, 1.54) is 11.9 Å². The lowest BCUT2D eigenvalue weighted by Gasteiger charge is -2.19. The van der Waals surface area contributed by atoms with E-state index in [4.69, 9.17) is 9.84 Å². The maximum atomic E-state index is 11.3. The molecule has 5 nitrogen and oxygen atoms in total.